The lowest BCUT2D eigenvalue weighted by atomic mass is 9.75. The molecular formula is C36H58AlO2. The Balaban J connectivity index is 2.71. The molecule has 2 aromatic rings. The zero-order valence-corrected chi connectivity index (χ0v) is 29.9. The number of rotatable bonds is 4. The molecule has 0 aliphatic carbocycles. The molecule has 0 saturated carbocycles. The highest BCUT2D eigenvalue weighted by molar-refractivity contribution is 6.21. The Labute approximate surface area is 249 Å². The molecule has 0 amide bonds. The predicted molar refractivity (Wildman–Crippen MR) is 172 cm³/mol. The summed E-state index contributed by atoms with van der Waals surface area (Å²) in [6, 6.07) is 9.46. The van der Waals surface area contributed by atoms with E-state index >= 15 is 0 Å². The topological polar surface area (TPSA) is 18.5 Å². The summed E-state index contributed by atoms with van der Waals surface area (Å²) in [5, 5.41) is 0. The van der Waals surface area contributed by atoms with Crippen LogP contribution >= 0.6 is 0 Å². The highest BCUT2D eigenvalue weighted by atomic mass is 27.2. The highest BCUT2D eigenvalue weighted by Gasteiger charge is 2.33. The molecule has 0 aliphatic heterocycles. The number of hydrogen-bond donors (Lipinski definition) is 0. The lowest BCUT2D eigenvalue weighted by Gasteiger charge is -2.35. The number of hydrogen-bond acceptors (Lipinski definition) is 2. The molecule has 2 rings (SSSR count). The first-order valence-electron chi connectivity index (χ1n) is 14.7. The molecule has 0 aliphatic rings. The molecule has 2 aromatic carbocycles. The zero-order valence-electron chi connectivity index (χ0n) is 28.7. The van der Waals surface area contributed by atoms with Gasteiger partial charge in [-0.15, -0.1) is 0 Å². The second-order valence-corrected chi connectivity index (χ2v) is 18.3. The van der Waals surface area contributed by atoms with E-state index in [1.165, 1.54) is 33.4 Å². The van der Waals surface area contributed by atoms with E-state index in [-0.39, 0.29) is 32.5 Å². The van der Waals surface area contributed by atoms with Gasteiger partial charge >= 0.3 is 15.9 Å². The molecule has 0 saturated heterocycles. The van der Waals surface area contributed by atoms with Gasteiger partial charge in [-0.1, -0.05) is 149 Å². The molecule has 0 N–H and O–H groups in total. The zero-order chi connectivity index (χ0) is 30.6. The lowest BCUT2D eigenvalue weighted by Crippen LogP contribution is -2.27. The largest absolute Gasteiger partial charge is 0.881 e. The first-order valence-corrected chi connectivity index (χ1v) is 15.6. The van der Waals surface area contributed by atoms with Crippen LogP contribution in [0.3, 0.4) is 0 Å². The summed E-state index contributed by atoms with van der Waals surface area (Å²) in [5.41, 5.74) is 7.60. The Bertz CT molecular complexity index is 998. The summed E-state index contributed by atoms with van der Waals surface area (Å²) in [6.07, 6.45) is 0. The second kappa shape index (κ2) is 10.8. The van der Waals surface area contributed by atoms with E-state index in [0.717, 1.165) is 11.5 Å². The van der Waals surface area contributed by atoms with Gasteiger partial charge in [-0.2, -0.15) is 0 Å². The van der Waals surface area contributed by atoms with Gasteiger partial charge in [0.05, 0.1) is 11.5 Å². The van der Waals surface area contributed by atoms with Gasteiger partial charge in [0.25, 0.3) is 0 Å². The van der Waals surface area contributed by atoms with Crippen molar-refractivity contribution < 1.29 is 7.58 Å². The maximum absolute atomic E-state index is 6.79. The fourth-order valence-electron chi connectivity index (χ4n) is 4.73. The minimum absolute atomic E-state index is 0.0555. The van der Waals surface area contributed by atoms with Crippen molar-refractivity contribution in [3.63, 3.8) is 0 Å². The van der Waals surface area contributed by atoms with Crippen molar-refractivity contribution >= 4 is 15.9 Å². The molecule has 39 heavy (non-hydrogen) atoms. The molecule has 3 heteroatoms. The van der Waals surface area contributed by atoms with E-state index in [4.69, 9.17) is 7.58 Å². The van der Waals surface area contributed by atoms with Gasteiger partial charge in [0.15, 0.2) is 0 Å². The van der Waals surface area contributed by atoms with Crippen molar-refractivity contribution in [3.8, 4) is 11.5 Å². The fourth-order valence-corrected chi connectivity index (χ4v) is 5.47. The average molecular weight is 550 g/mol. The quantitative estimate of drug-likeness (QED) is 0.353. The van der Waals surface area contributed by atoms with Gasteiger partial charge in [0, 0.05) is 0 Å². The van der Waals surface area contributed by atoms with Crippen molar-refractivity contribution in [2.24, 2.45) is 0 Å². The molecule has 1 radical (unpaired) electrons. The van der Waals surface area contributed by atoms with Gasteiger partial charge in [-0.25, -0.2) is 0 Å². The van der Waals surface area contributed by atoms with Crippen LogP contribution in [0.25, 0.3) is 0 Å². The van der Waals surface area contributed by atoms with Crippen LogP contribution in [0, 0.1) is 0 Å². The molecule has 2 nitrogen and oxygen atoms in total. The Morgan fingerprint density at radius 3 is 0.718 bits per heavy atom. The summed E-state index contributed by atoms with van der Waals surface area (Å²) in [7, 11) is 0. The molecule has 0 unspecified atom stereocenters. The minimum Gasteiger partial charge on any atom is -0.615 e. The third-order valence-electron chi connectivity index (χ3n) is 7.47. The van der Waals surface area contributed by atoms with E-state index in [1.807, 2.05) is 0 Å². The monoisotopic (exact) mass is 549 g/mol. The van der Waals surface area contributed by atoms with E-state index in [2.05, 4.69) is 149 Å². The van der Waals surface area contributed by atoms with Crippen LogP contribution in [-0.4, -0.2) is 15.9 Å². The van der Waals surface area contributed by atoms with Crippen LogP contribution in [0.15, 0.2) is 24.3 Å². The van der Waals surface area contributed by atoms with Crippen molar-refractivity contribution in [3.05, 3.63) is 57.6 Å². The van der Waals surface area contributed by atoms with Crippen molar-refractivity contribution in [2.75, 3.05) is 0 Å². The average Bonchev–Trinajstić information content (AvgIpc) is 2.68. The predicted octanol–water partition coefficient (Wildman–Crippen LogP) is 10.5. The van der Waals surface area contributed by atoms with Crippen LogP contribution in [0.4, 0.5) is 0 Å². The van der Waals surface area contributed by atoms with Crippen LogP contribution in [0.5, 0.6) is 11.5 Å². The molecule has 0 atom stereocenters. The van der Waals surface area contributed by atoms with Crippen molar-refractivity contribution in [1.29, 1.82) is 0 Å². The van der Waals surface area contributed by atoms with Gasteiger partial charge in [-0.3, -0.25) is 0 Å². The molecule has 0 fully saturated rings. The Hall–Kier alpha value is -1.43. The fraction of sp³-hybridized carbons (Fsp3) is 0.667. The van der Waals surface area contributed by atoms with E-state index < -0.39 is 15.9 Å². The first-order chi connectivity index (χ1) is 17.1. The van der Waals surface area contributed by atoms with Gasteiger partial charge < -0.3 is 7.58 Å². The van der Waals surface area contributed by atoms with Gasteiger partial charge in [-0.05, 0) is 65.9 Å². The molecule has 0 spiro atoms. The summed E-state index contributed by atoms with van der Waals surface area (Å²) in [5.74, 6) is 2.00. The van der Waals surface area contributed by atoms with Crippen LogP contribution in [-0.2, 0) is 32.5 Å². The Kier molecular flexibility index (Phi) is 9.32. The standard InChI is InChI=1S/2C18H30O.Al/c2*1-16(2,3)12-10-13(17(4,5)6)15(19)14(11-12)18(7,8)9;/h2*10-11,19H,1-9H3;/q;;+2/p-2. The number of benzene rings is 2. The lowest BCUT2D eigenvalue weighted by molar-refractivity contribution is 0.412. The molecule has 0 heterocycles. The van der Waals surface area contributed by atoms with E-state index in [9.17, 15) is 0 Å². The molecule has 0 aromatic heterocycles. The summed E-state index contributed by atoms with van der Waals surface area (Å²) < 4.78 is 13.6. The van der Waals surface area contributed by atoms with Crippen molar-refractivity contribution in [2.45, 2.75) is 157 Å². The highest BCUT2D eigenvalue weighted by Crippen LogP contribution is 2.45. The third kappa shape index (κ3) is 8.30. The SMILES string of the molecule is CC(C)(C)c1cc(C(C)(C)C)c([O][Al][O]c2c(C(C)(C)C)cc(C(C)(C)C)cc2C(C)(C)C)c(C(C)(C)C)c1. The third-order valence-corrected chi connectivity index (χ3v) is 8.14. The van der Waals surface area contributed by atoms with E-state index in [1.54, 1.807) is 0 Å². The van der Waals surface area contributed by atoms with Gasteiger partial charge in [0.2, 0.25) is 0 Å². The first kappa shape index (κ1) is 33.8. The van der Waals surface area contributed by atoms with Gasteiger partial charge in [0.1, 0.15) is 0 Å². The maximum Gasteiger partial charge on any atom is 0.881 e. The van der Waals surface area contributed by atoms with E-state index in [0.29, 0.717) is 0 Å². The van der Waals surface area contributed by atoms with Crippen LogP contribution < -0.4 is 7.58 Å². The summed E-state index contributed by atoms with van der Waals surface area (Å²) in [4.78, 5) is 0. The Morgan fingerprint density at radius 2 is 0.564 bits per heavy atom. The smallest absolute Gasteiger partial charge is 0.615 e. The normalized spacial score (nSPS) is 13.9. The molecule has 0 bridgehead atoms. The summed E-state index contributed by atoms with van der Waals surface area (Å²) >= 11 is -0.770. The van der Waals surface area contributed by atoms with Crippen molar-refractivity contribution in [1.82, 2.24) is 0 Å². The molecule has 217 valence electrons. The maximum atomic E-state index is 6.79. The second-order valence-electron chi connectivity index (χ2n) is 17.6. The van der Waals surface area contributed by atoms with Crippen LogP contribution in [0.1, 0.15) is 158 Å². The molecular weight excluding hydrogens is 491 g/mol. The van der Waals surface area contributed by atoms with Crippen LogP contribution in [0.2, 0.25) is 0 Å². The Morgan fingerprint density at radius 1 is 0.359 bits per heavy atom. The summed E-state index contributed by atoms with van der Waals surface area (Å²) in [6.45, 7) is 41.1. The minimum atomic E-state index is -0.770.